The second-order valence-corrected chi connectivity index (χ2v) is 8.73. The SMILES string of the molecule is CC1CN(C(=O)c2ccc(CNC(=O)C3CCCN(c4cnccn4)C3)cc2)CC(C)O1. The van der Waals surface area contributed by atoms with E-state index in [0.717, 1.165) is 30.8 Å². The first-order chi connectivity index (χ1) is 15.5. The van der Waals surface area contributed by atoms with Crippen LogP contribution < -0.4 is 10.2 Å². The van der Waals surface area contributed by atoms with E-state index in [1.165, 1.54) is 0 Å². The molecule has 3 atom stereocenters. The number of amides is 2. The first-order valence-electron chi connectivity index (χ1n) is 11.3. The first-order valence-corrected chi connectivity index (χ1v) is 11.3. The van der Waals surface area contributed by atoms with E-state index >= 15 is 0 Å². The van der Waals surface area contributed by atoms with Gasteiger partial charge in [-0.1, -0.05) is 12.1 Å². The number of benzene rings is 1. The zero-order valence-corrected chi connectivity index (χ0v) is 18.7. The predicted molar refractivity (Wildman–Crippen MR) is 121 cm³/mol. The smallest absolute Gasteiger partial charge is 0.254 e. The Morgan fingerprint density at radius 1 is 1.09 bits per heavy atom. The highest BCUT2D eigenvalue weighted by atomic mass is 16.5. The number of carbonyl (C=O) groups excluding carboxylic acids is 2. The third-order valence-corrected chi connectivity index (χ3v) is 6.04. The molecule has 4 rings (SSSR count). The number of morpholine rings is 1. The molecule has 2 saturated heterocycles. The fraction of sp³-hybridized carbons (Fsp3) is 0.500. The summed E-state index contributed by atoms with van der Waals surface area (Å²) in [7, 11) is 0. The van der Waals surface area contributed by atoms with Crippen LogP contribution in [0.1, 0.15) is 42.6 Å². The molecule has 0 bridgehead atoms. The summed E-state index contributed by atoms with van der Waals surface area (Å²) in [5, 5.41) is 3.05. The van der Waals surface area contributed by atoms with Crippen molar-refractivity contribution in [2.24, 2.45) is 5.92 Å². The number of nitrogens with one attached hydrogen (secondary N) is 1. The van der Waals surface area contributed by atoms with Crippen molar-refractivity contribution in [1.29, 1.82) is 0 Å². The molecule has 8 heteroatoms. The number of piperidine rings is 1. The molecule has 2 amide bonds. The standard InChI is InChI=1S/C24H31N5O3/c1-17-14-29(15-18(2)32-17)24(31)20-7-5-19(6-8-20)12-27-23(30)21-4-3-11-28(16-21)22-13-25-9-10-26-22/h5-10,13,17-18,21H,3-4,11-12,14-16H2,1-2H3,(H,27,30). The van der Waals surface area contributed by atoms with Crippen LogP contribution in [0.2, 0.25) is 0 Å². The van der Waals surface area contributed by atoms with Gasteiger partial charge in [0.15, 0.2) is 0 Å². The lowest BCUT2D eigenvalue weighted by Gasteiger charge is -2.35. The van der Waals surface area contributed by atoms with Gasteiger partial charge in [0.05, 0.1) is 24.3 Å². The van der Waals surface area contributed by atoms with E-state index in [-0.39, 0.29) is 29.9 Å². The maximum Gasteiger partial charge on any atom is 0.254 e. The molecule has 3 unspecified atom stereocenters. The zero-order valence-electron chi connectivity index (χ0n) is 18.7. The van der Waals surface area contributed by atoms with Crippen LogP contribution in [0.4, 0.5) is 5.82 Å². The fourth-order valence-electron chi connectivity index (χ4n) is 4.48. The summed E-state index contributed by atoms with van der Waals surface area (Å²) in [6.45, 7) is 7.16. The van der Waals surface area contributed by atoms with Gasteiger partial charge in [-0.3, -0.25) is 14.6 Å². The maximum absolute atomic E-state index is 12.8. The van der Waals surface area contributed by atoms with E-state index in [1.807, 2.05) is 43.0 Å². The summed E-state index contributed by atoms with van der Waals surface area (Å²) in [4.78, 5) is 38.0. The second kappa shape index (κ2) is 10.1. The van der Waals surface area contributed by atoms with Gasteiger partial charge >= 0.3 is 0 Å². The lowest BCUT2D eigenvalue weighted by atomic mass is 9.97. The van der Waals surface area contributed by atoms with E-state index in [1.54, 1.807) is 18.6 Å². The maximum atomic E-state index is 12.8. The van der Waals surface area contributed by atoms with Gasteiger partial charge in [0.1, 0.15) is 5.82 Å². The van der Waals surface area contributed by atoms with Crippen molar-refractivity contribution in [3.05, 3.63) is 54.0 Å². The third kappa shape index (κ3) is 5.43. The van der Waals surface area contributed by atoms with Crippen molar-refractivity contribution >= 4 is 17.6 Å². The van der Waals surface area contributed by atoms with E-state index in [9.17, 15) is 9.59 Å². The number of hydrogen-bond acceptors (Lipinski definition) is 6. The lowest BCUT2D eigenvalue weighted by Crippen LogP contribution is -2.48. The molecule has 0 spiro atoms. The molecular formula is C24H31N5O3. The van der Waals surface area contributed by atoms with Crippen molar-refractivity contribution in [2.75, 3.05) is 31.1 Å². The molecule has 1 aromatic heterocycles. The summed E-state index contributed by atoms with van der Waals surface area (Å²) in [6, 6.07) is 7.50. The van der Waals surface area contributed by atoms with Crippen molar-refractivity contribution in [2.45, 2.75) is 45.4 Å². The van der Waals surface area contributed by atoms with Gasteiger partial charge < -0.3 is 19.9 Å². The Bertz CT molecular complexity index is 911. The minimum atomic E-state index is -0.0723. The van der Waals surface area contributed by atoms with Crippen molar-refractivity contribution in [3.8, 4) is 0 Å². The van der Waals surface area contributed by atoms with Crippen LogP contribution >= 0.6 is 0 Å². The van der Waals surface area contributed by atoms with Crippen LogP contribution in [0.3, 0.4) is 0 Å². The second-order valence-electron chi connectivity index (χ2n) is 8.73. The van der Waals surface area contributed by atoms with Crippen LogP contribution in [0.25, 0.3) is 0 Å². The number of carbonyl (C=O) groups is 2. The van der Waals surface area contributed by atoms with Crippen molar-refractivity contribution < 1.29 is 14.3 Å². The molecule has 3 heterocycles. The van der Waals surface area contributed by atoms with Gasteiger partial charge in [-0.05, 0) is 44.4 Å². The lowest BCUT2D eigenvalue weighted by molar-refractivity contribution is -0.125. The monoisotopic (exact) mass is 437 g/mol. The molecular weight excluding hydrogens is 406 g/mol. The minimum Gasteiger partial charge on any atom is -0.372 e. The van der Waals surface area contributed by atoms with Crippen molar-refractivity contribution in [1.82, 2.24) is 20.2 Å². The Labute approximate surface area is 189 Å². The largest absolute Gasteiger partial charge is 0.372 e. The third-order valence-electron chi connectivity index (χ3n) is 6.04. The molecule has 2 aromatic rings. The molecule has 8 nitrogen and oxygen atoms in total. The summed E-state index contributed by atoms with van der Waals surface area (Å²) < 4.78 is 5.71. The Morgan fingerprint density at radius 2 is 1.84 bits per heavy atom. The first kappa shape index (κ1) is 22.2. The fourth-order valence-corrected chi connectivity index (χ4v) is 4.48. The van der Waals surface area contributed by atoms with E-state index in [0.29, 0.717) is 31.7 Å². The van der Waals surface area contributed by atoms with E-state index in [2.05, 4.69) is 20.2 Å². The highest BCUT2D eigenvalue weighted by Gasteiger charge is 2.27. The Balaban J connectivity index is 1.29. The average Bonchev–Trinajstić information content (AvgIpc) is 2.82. The van der Waals surface area contributed by atoms with E-state index in [4.69, 9.17) is 4.74 Å². The van der Waals surface area contributed by atoms with Gasteiger partial charge in [0.25, 0.3) is 5.91 Å². The molecule has 1 N–H and O–H groups in total. The van der Waals surface area contributed by atoms with Crippen LogP contribution in [0, 0.1) is 5.92 Å². The molecule has 32 heavy (non-hydrogen) atoms. The number of hydrogen-bond donors (Lipinski definition) is 1. The Kier molecular flexibility index (Phi) is 6.99. The molecule has 0 radical (unpaired) electrons. The van der Waals surface area contributed by atoms with Crippen LogP contribution in [0.5, 0.6) is 0 Å². The van der Waals surface area contributed by atoms with Crippen LogP contribution in [-0.2, 0) is 16.1 Å². The van der Waals surface area contributed by atoms with Gasteiger partial charge in [0, 0.05) is 50.7 Å². The predicted octanol–water partition coefficient (Wildman–Crippen LogP) is 2.26. The molecule has 2 aliphatic heterocycles. The summed E-state index contributed by atoms with van der Waals surface area (Å²) in [5.74, 6) is 0.815. The molecule has 2 aliphatic rings. The van der Waals surface area contributed by atoms with Crippen LogP contribution in [0.15, 0.2) is 42.9 Å². The number of nitrogens with zero attached hydrogens (tertiary/aromatic N) is 4. The van der Waals surface area contributed by atoms with E-state index < -0.39 is 0 Å². The summed E-state index contributed by atoms with van der Waals surface area (Å²) in [6.07, 6.45) is 6.97. The van der Waals surface area contributed by atoms with Crippen molar-refractivity contribution in [3.63, 3.8) is 0 Å². The van der Waals surface area contributed by atoms with Gasteiger partial charge in [-0.15, -0.1) is 0 Å². The normalized spacial score (nSPS) is 23.6. The quantitative estimate of drug-likeness (QED) is 0.772. The minimum absolute atomic E-state index is 0.0221. The number of anilines is 1. The van der Waals surface area contributed by atoms with Gasteiger partial charge in [-0.25, -0.2) is 4.98 Å². The Morgan fingerprint density at radius 3 is 2.53 bits per heavy atom. The Hall–Kier alpha value is -3.00. The molecule has 1 aromatic carbocycles. The molecule has 0 aliphatic carbocycles. The highest BCUT2D eigenvalue weighted by molar-refractivity contribution is 5.94. The average molecular weight is 438 g/mol. The summed E-state index contributed by atoms with van der Waals surface area (Å²) >= 11 is 0. The highest BCUT2D eigenvalue weighted by Crippen LogP contribution is 2.21. The molecule has 170 valence electrons. The van der Waals surface area contributed by atoms with Crippen LogP contribution in [-0.4, -0.2) is 65.1 Å². The zero-order chi connectivity index (χ0) is 22.5. The number of aromatic nitrogens is 2. The number of ether oxygens (including phenoxy) is 1. The summed E-state index contributed by atoms with van der Waals surface area (Å²) in [5.41, 5.74) is 1.63. The number of rotatable bonds is 5. The molecule has 2 fully saturated rings. The molecule has 0 saturated carbocycles. The van der Waals surface area contributed by atoms with Gasteiger partial charge in [0.2, 0.25) is 5.91 Å². The van der Waals surface area contributed by atoms with Gasteiger partial charge in [-0.2, -0.15) is 0 Å². The topological polar surface area (TPSA) is 87.7 Å².